The molecule has 0 fully saturated rings. The smallest absolute Gasteiger partial charge is 0.225 e. The number of fused-ring (bicyclic) bond motifs is 3. The van der Waals surface area contributed by atoms with Crippen molar-refractivity contribution in [3.63, 3.8) is 0 Å². The molecule has 0 saturated heterocycles. The SMILES string of the molecule is COc1cc2c(c3c1NC(=O)CC3C)CCCC2=O. The summed E-state index contributed by atoms with van der Waals surface area (Å²) < 4.78 is 5.36. The van der Waals surface area contributed by atoms with Crippen molar-refractivity contribution in [2.24, 2.45) is 0 Å². The Hall–Kier alpha value is -1.84. The Morgan fingerprint density at radius 2 is 2.11 bits per heavy atom. The summed E-state index contributed by atoms with van der Waals surface area (Å²) >= 11 is 0. The van der Waals surface area contributed by atoms with E-state index in [1.54, 1.807) is 13.2 Å². The molecule has 3 rings (SSSR count). The van der Waals surface area contributed by atoms with Gasteiger partial charge in [-0.05, 0) is 36.0 Å². The summed E-state index contributed by atoms with van der Waals surface area (Å²) in [4.78, 5) is 23.8. The number of nitrogens with one attached hydrogen (secondary N) is 1. The van der Waals surface area contributed by atoms with Crippen LogP contribution < -0.4 is 10.1 Å². The minimum atomic E-state index is 0.0142. The quantitative estimate of drug-likeness (QED) is 0.843. The molecule has 0 saturated carbocycles. The van der Waals surface area contributed by atoms with Crippen LogP contribution in [-0.2, 0) is 11.2 Å². The van der Waals surface area contributed by atoms with Crippen LogP contribution in [0.3, 0.4) is 0 Å². The average molecular weight is 259 g/mol. The highest BCUT2D eigenvalue weighted by molar-refractivity contribution is 6.03. The third-order valence-corrected chi connectivity index (χ3v) is 4.04. The van der Waals surface area contributed by atoms with Gasteiger partial charge in [-0.15, -0.1) is 0 Å². The first-order chi connectivity index (χ1) is 9.11. The number of Topliss-reactive ketones (excluding diaryl/α,β-unsaturated/α-hetero) is 1. The number of benzene rings is 1. The second-order valence-corrected chi connectivity index (χ2v) is 5.32. The first-order valence-electron chi connectivity index (χ1n) is 6.68. The summed E-state index contributed by atoms with van der Waals surface area (Å²) in [5.74, 6) is 0.939. The summed E-state index contributed by atoms with van der Waals surface area (Å²) in [5.41, 5.74) is 3.76. The van der Waals surface area contributed by atoms with E-state index in [1.165, 1.54) is 0 Å². The zero-order valence-electron chi connectivity index (χ0n) is 11.2. The van der Waals surface area contributed by atoms with E-state index in [2.05, 4.69) is 5.32 Å². The lowest BCUT2D eigenvalue weighted by Gasteiger charge is -2.30. The predicted octanol–water partition coefficient (Wildman–Crippen LogP) is 2.66. The first-order valence-corrected chi connectivity index (χ1v) is 6.68. The Balaban J connectivity index is 2.27. The predicted molar refractivity (Wildman–Crippen MR) is 71.9 cm³/mol. The summed E-state index contributed by atoms with van der Waals surface area (Å²) in [6, 6.07) is 1.79. The summed E-state index contributed by atoms with van der Waals surface area (Å²) in [6.07, 6.45) is 2.88. The van der Waals surface area contributed by atoms with E-state index in [4.69, 9.17) is 4.74 Å². The van der Waals surface area contributed by atoms with Gasteiger partial charge in [0.1, 0.15) is 5.75 Å². The molecule has 19 heavy (non-hydrogen) atoms. The van der Waals surface area contributed by atoms with Crippen LogP contribution in [-0.4, -0.2) is 18.8 Å². The monoisotopic (exact) mass is 259 g/mol. The molecule has 1 unspecified atom stereocenters. The van der Waals surface area contributed by atoms with Crippen LogP contribution in [0.2, 0.25) is 0 Å². The van der Waals surface area contributed by atoms with Crippen molar-refractivity contribution in [3.05, 3.63) is 22.8 Å². The lowest BCUT2D eigenvalue weighted by molar-refractivity contribution is -0.116. The molecule has 0 bridgehead atoms. The van der Waals surface area contributed by atoms with Gasteiger partial charge in [-0.2, -0.15) is 0 Å². The maximum atomic E-state index is 12.1. The topological polar surface area (TPSA) is 55.4 Å². The fraction of sp³-hybridized carbons (Fsp3) is 0.467. The molecule has 1 aromatic carbocycles. The average Bonchev–Trinajstić information content (AvgIpc) is 2.37. The molecule has 0 spiro atoms. The molecule has 1 aromatic rings. The van der Waals surface area contributed by atoms with Crippen LogP contribution >= 0.6 is 0 Å². The van der Waals surface area contributed by atoms with E-state index in [0.29, 0.717) is 18.6 Å². The summed E-state index contributed by atoms with van der Waals surface area (Å²) in [5, 5.41) is 2.90. The zero-order chi connectivity index (χ0) is 13.6. The number of methoxy groups -OCH3 is 1. The Kier molecular flexibility index (Phi) is 2.81. The molecule has 100 valence electrons. The van der Waals surface area contributed by atoms with Gasteiger partial charge in [0.25, 0.3) is 0 Å². The minimum Gasteiger partial charge on any atom is -0.495 e. The third-order valence-electron chi connectivity index (χ3n) is 4.04. The van der Waals surface area contributed by atoms with Crippen LogP contribution in [0.25, 0.3) is 0 Å². The number of ether oxygens (including phenoxy) is 1. The van der Waals surface area contributed by atoms with E-state index in [0.717, 1.165) is 35.2 Å². The van der Waals surface area contributed by atoms with Crippen LogP contribution in [0.15, 0.2) is 6.07 Å². The van der Waals surface area contributed by atoms with Crippen molar-refractivity contribution in [2.75, 3.05) is 12.4 Å². The molecule has 1 heterocycles. The second kappa shape index (κ2) is 4.37. The van der Waals surface area contributed by atoms with E-state index in [9.17, 15) is 9.59 Å². The van der Waals surface area contributed by atoms with Gasteiger partial charge in [0.05, 0.1) is 12.8 Å². The molecule has 4 nitrogen and oxygen atoms in total. The summed E-state index contributed by atoms with van der Waals surface area (Å²) in [7, 11) is 1.57. The van der Waals surface area contributed by atoms with E-state index in [-0.39, 0.29) is 17.6 Å². The number of amides is 1. The highest BCUT2D eigenvalue weighted by Gasteiger charge is 2.31. The maximum Gasteiger partial charge on any atom is 0.225 e. The lowest BCUT2D eigenvalue weighted by atomic mass is 9.80. The fourth-order valence-electron chi connectivity index (χ4n) is 3.20. The van der Waals surface area contributed by atoms with Crippen molar-refractivity contribution in [3.8, 4) is 5.75 Å². The lowest BCUT2D eigenvalue weighted by Crippen LogP contribution is -2.25. The second-order valence-electron chi connectivity index (χ2n) is 5.32. The number of carbonyl (C=O) groups excluding carboxylic acids is 2. The van der Waals surface area contributed by atoms with E-state index < -0.39 is 0 Å². The van der Waals surface area contributed by atoms with Crippen LogP contribution in [0.5, 0.6) is 5.75 Å². The minimum absolute atomic E-state index is 0.0142. The molecule has 1 N–H and O–H groups in total. The van der Waals surface area contributed by atoms with Crippen molar-refractivity contribution >= 4 is 17.4 Å². The molecular formula is C15H17NO3. The van der Waals surface area contributed by atoms with Gasteiger partial charge >= 0.3 is 0 Å². The van der Waals surface area contributed by atoms with Gasteiger partial charge in [-0.1, -0.05) is 6.92 Å². The Morgan fingerprint density at radius 3 is 2.84 bits per heavy atom. The van der Waals surface area contributed by atoms with Gasteiger partial charge in [0.2, 0.25) is 5.91 Å². The molecule has 1 aliphatic heterocycles. The number of anilines is 1. The molecule has 0 radical (unpaired) electrons. The highest BCUT2D eigenvalue weighted by atomic mass is 16.5. The largest absolute Gasteiger partial charge is 0.495 e. The van der Waals surface area contributed by atoms with Gasteiger partial charge in [0, 0.05) is 18.4 Å². The van der Waals surface area contributed by atoms with Gasteiger partial charge in [0.15, 0.2) is 5.78 Å². The normalized spacial score (nSPS) is 21.5. The molecule has 0 aromatic heterocycles. The van der Waals surface area contributed by atoms with Crippen LogP contribution in [0, 0.1) is 0 Å². The van der Waals surface area contributed by atoms with Gasteiger partial charge in [-0.3, -0.25) is 9.59 Å². The first kappa shape index (κ1) is 12.2. The molecule has 2 aliphatic rings. The number of ketones is 1. The Morgan fingerprint density at radius 1 is 1.32 bits per heavy atom. The molecule has 1 atom stereocenters. The van der Waals surface area contributed by atoms with Crippen molar-refractivity contribution < 1.29 is 14.3 Å². The van der Waals surface area contributed by atoms with Crippen molar-refractivity contribution in [2.45, 2.75) is 38.5 Å². The Bertz CT molecular complexity index is 577. The van der Waals surface area contributed by atoms with Gasteiger partial charge < -0.3 is 10.1 Å². The van der Waals surface area contributed by atoms with E-state index in [1.807, 2.05) is 6.92 Å². The van der Waals surface area contributed by atoms with Crippen LogP contribution in [0.4, 0.5) is 5.69 Å². The maximum absolute atomic E-state index is 12.1. The number of rotatable bonds is 1. The standard InChI is InChI=1S/C15H17NO3/c1-8-6-13(18)16-15-12(19-2)7-10-9(14(8)15)4-3-5-11(10)17/h7-8H,3-6H2,1-2H3,(H,16,18). The zero-order valence-corrected chi connectivity index (χ0v) is 11.2. The molecule has 1 aliphatic carbocycles. The van der Waals surface area contributed by atoms with Crippen LogP contribution in [0.1, 0.15) is 53.6 Å². The number of hydrogen-bond acceptors (Lipinski definition) is 3. The Labute approximate surface area is 112 Å². The van der Waals surface area contributed by atoms with Crippen molar-refractivity contribution in [1.82, 2.24) is 0 Å². The highest BCUT2D eigenvalue weighted by Crippen LogP contribution is 2.44. The van der Waals surface area contributed by atoms with Crippen molar-refractivity contribution in [1.29, 1.82) is 0 Å². The number of carbonyl (C=O) groups is 2. The fourth-order valence-corrected chi connectivity index (χ4v) is 3.20. The number of hydrogen-bond donors (Lipinski definition) is 1. The molecular weight excluding hydrogens is 242 g/mol. The van der Waals surface area contributed by atoms with E-state index >= 15 is 0 Å². The van der Waals surface area contributed by atoms with Gasteiger partial charge in [-0.25, -0.2) is 0 Å². The third kappa shape index (κ3) is 1.82. The summed E-state index contributed by atoms with van der Waals surface area (Å²) in [6.45, 7) is 2.04. The molecule has 1 amide bonds. The molecule has 4 heteroatoms.